The number of nitrogens with two attached hydrogens (primary N) is 2. The van der Waals surface area contributed by atoms with Gasteiger partial charge in [0.2, 0.25) is 0 Å². The minimum Gasteiger partial charge on any atom is -0.443 e. The van der Waals surface area contributed by atoms with Crippen molar-refractivity contribution in [3.63, 3.8) is 0 Å². The van der Waals surface area contributed by atoms with Gasteiger partial charge in [-0.3, -0.25) is 9.69 Å². The Hall–Kier alpha value is -2.15. The van der Waals surface area contributed by atoms with Crippen molar-refractivity contribution in [1.82, 2.24) is 0 Å². The molecule has 1 saturated heterocycles. The molecule has 0 aromatic heterocycles. The van der Waals surface area contributed by atoms with E-state index in [1.54, 1.807) is 0 Å². The molecular formula is C11H12FN3O3. The van der Waals surface area contributed by atoms with Crippen molar-refractivity contribution in [3.05, 3.63) is 29.6 Å². The lowest BCUT2D eigenvalue weighted by atomic mass is 10.1. The number of cyclic esters (lactones) is 1. The number of carbonyl (C=O) groups excluding carboxylic acids is 2. The number of amides is 2. The third-order valence-electron chi connectivity index (χ3n) is 2.67. The highest BCUT2D eigenvalue weighted by molar-refractivity contribution is 5.95. The predicted octanol–water partition coefficient (Wildman–Crippen LogP) is 0.208. The molecule has 96 valence electrons. The summed E-state index contributed by atoms with van der Waals surface area (Å²) in [6.45, 7) is 0.453. The Labute approximate surface area is 102 Å². The zero-order valence-electron chi connectivity index (χ0n) is 9.43. The van der Waals surface area contributed by atoms with Gasteiger partial charge in [-0.1, -0.05) is 0 Å². The Morgan fingerprint density at radius 2 is 2.28 bits per heavy atom. The Bertz CT molecular complexity index is 506. The molecule has 1 fully saturated rings. The molecule has 0 radical (unpaired) electrons. The van der Waals surface area contributed by atoms with E-state index in [-0.39, 0.29) is 18.7 Å². The minimum atomic E-state index is -0.858. The molecular weight excluding hydrogens is 241 g/mol. The van der Waals surface area contributed by atoms with Gasteiger partial charge in [0.15, 0.2) is 0 Å². The smallest absolute Gasteiger partial charge is 0.414 e. The molecule has 1 aromatic carbocycles. The van der Waals surface area contributed by atoms with Crippen LogP contribution in [0.2, 0.25) is 0 Å². The summed E-state index contributed by atoms with van der Waals surface area (Å²) in [5.41, 5.74) is 10.5. The summed E-state index contributed by atoms with van der Waals surface area (Å²) in [7, 11) is 0. The second-order valence-electron chi connectivity index (χ2n) is 3.88. The quantitative estimate of drug-likeness (QED) is 0.804. The first kappa shape index (κ1) is 12.3. The fourth-order valence-electron chi connectivity index (χ4n) is 1.73. The van der Waals surface area contributed by atoms with E-state index in [1.807, 2.05) is 0 Å². The van der Waals surface area contributed by atoms with E-state index in [2.05, 4.69) is 0 Å². The lowest BCUT2D eigenvalue weighted by Crippen LogP contribution is -2.27. The van der Waals surface area contributed by atoms with Crippen LogP contribution in [-0.2, 0) is 4.74 Å². The Balaban J connectivity index is 2.27. The lowest BCUT2D eigenvalue weighted by molar-refractivity contribution is 0.0996. The average molecular weight is 253 g/mol. The molecule has 1 aliphatic rings. The normalized spacial score (nSPS) is 18.9. The van der Waals surface area contributed by atoms with Gasteiger partial charge in [-0.15, -0.1) is 0 Å². The molecule has 0 unspecified atom stereocenters. The number of halogens is 1. The number of hydrogen-bond donors (Lipinski definition) is 2. The van der Waals surface area contributed by atoms with Gasteiger partial charge in [-0.05, 0) is 18.2 Å². The summed E-state index contributed by atoms with van der Waals surface area (Å²) < 4.78 is 18.5. The highest BCUT2D eigenvalue weighted by atomic mass is 19.1. The largest absolute Gasteiger partial charge is 0.443 e. The monoisotopic (exact) mass is 253 g/mol. The van der Waals surface area contributed by atoms with E-state index in [1.165, 1.54) is 17.0 Å². The number of benzene rings is 1. The van der Waals surface area contributed by atoms with E-state index in [4.69, 9.17) is 16.2 Å². The van der Waals surface area contributed by atoms with Crippen LogP contribution in [0, 0.1) is 5.82 Å². The number of ether oxygens (including phenoxy) is 1. The first-order valence-corrected chi connectivity index (χ1v) is 5.30. The fraction of sp³-hybridized carbons (Fsp3) is 0.273. The molecule has 0 aliphatic carbocycles. The Kier molecular flexibility index (Phi) is 3.15. The molecule has 1 heterocycles. The standard InChI is InChI=1S/C11H12FN3O3/c12-9-3-6(1-2-8(9)10(14)16)15-5-7(4-13)18-11(15)17/h1-3,7H,4-5,13H2,(H2,14,16)/t7-/m0/s1. The van der Waals surface area contributed by atoms with E-state index in [0.717, 1.165) is 6.07 Å². The molecule has 0 saturated carbocycles. The number of carbonyl (C=O) groups is 2. The Morgan fingerprint density at radius 3 is 2.78 bits per heavy atom. The summed E-state index contributed by atoms with van der Waals surface area (Å²) in [5.74, 6) is -1.63. The molecule has 6 nitrogen and oxygen atoms in total. The van der Waals surface area contributed by atoms with E-state index in [0.29, 0.717) is 5.69 Å². The van der Waals surface area contributed by atoms with Gasteiger partial charge >= 0.3 is 6.09 Å². The minimum absolute atomic E-state index is 0.199. The van der Waals surface area contributed by atoms with E-state index >= 15 is 0 Å². The van der Waals surface area contributed by atoms with Crippen molar-refractivity contribution in [2.24, 2.45) is 11.5 Å². The van der Waals surface area contributed by atoms with Crippen molar-refractivity contribution in [2.45, 2.75) is 6.10 Å². The summed E-state index contributed by atoms with van der Waals surface area (Å²) in [6, 6.07) is 3.74. The third kappa shape index (κ3) is 2.12. The van der Waals surface area contributed by atoms with Crippen LogP contribution >= 0.6 is 0 Å². The summed E-state index contributed by atoms with van der Waals surface area (Å²) in [4.78, 5) is 23.6. The van der Waals surface area contributed by atoms with Gasteiger partial charge in [-0.25, -0.2) is 9.18 Å². The molecule has 1 aliphatic heterocycles. The number of nitrogens with zero attached hydrogens (tertiary/aromatic N) is 1. The third-order valence-corrected chi connectivity index (χ3v) is 2.67. The van der Waals surface area contributed by atoms with E-state index < -0.39 is 23.9 Å². The van der Waals surface area contributed by atoms with Crippen LogP contribution in [0.15, 0.2) is 18.2 Å². The number of rotatable bonds is 3. The summed E-state index contributed by atoms with van der Waals surface area (Å²) >= 11 is 0. The zero-order chi connectivity index (χ0) is 13.3. The number of anilines is 1. The average Bonchev–Trinajstić information content (AvgIpc) is 2.70. The van der Waals surface area contributed by atoms with E-state index in [9.17, 15) is 14.0 Å². The maximum absolute atomic E-state index is 13.6. The van der Waals surface area contributed by atoms with Crippen molar-refractivity contribution in [3.8, 4) is 0 Å². The highest BCUT2D eigenvalue weighted by Crippen LogP contribution is 2.23. The maximum atomic E-state index is 13.6. The van der Waals surface area contributed by atoms with Crippen LogP contribution in [0.1, 0.15) is 10.4 Å². The SMILES string of the molecule is NC[C@H]1CN(c2ccc(C(N)=O)c(F)c2)C(=O)O1. The van der Waals surface area contributed by atoms with Crippen molar-refractivity contribution < 1.29 is 18.7 Å². The first-order chi connectivity index (χ1) is 8.52. The van der Waals surface area contributed by atoms with Gasteiger partial charge in [-0.2, -0.15) is 0 Å². The number of primary amides is 1. The summed E-state index contributed by atoms with van der Waals surface area (Å²) in [5, 5.41) is 0. The molecule has 4 N–H and O–H groups in total. The van der Waals surface area contributed by atoms with Crippen molar-refractivity contribution >= 4 is 17.7 Å². The first-order valence-electron chi connectivity index (χ1n) is 5.30. The molecule has 2 amide bonds. The fourth-order valence-corrected chi connectivity index (χ4v) is 1.73. The van der Waals surface area contributed by atoms with Crippen molar-refractivity contribution in [1.29, 1.82) is 0 Å². The van der Waals surface area contributed by atoms with Gasteiger partial charge in [0.1, 0.15) is 11.9 Å². The molecule has 2 rings (SSSR count). The molecule has 1 aromatic rings. The molecule has 18 heavy (non-hydrogen) atoms. The Morgan fingerprint density at radius 1 is 1.56 bits per heavy atom. The van der Waals surface area contributed by atoms with Crippen LogP contribution < -0.4 is 16.4 Å². The van der Waals surface area contributed by atoms with Crippen molar-refractivity contribution in [2.75, 3.05) is 18.0 Å². The molecule has 0 bridgehead atoms. The second kappa shape index (κ2) is 4.61. The predicted molar refractivity (Wildman–Crippen MR) is 61.6 cm³/mol. The molecule has 1 atom stereocenters. The van der Waals surface area contributed by atoms with Gasteiger partial charge < -0.3 is 16.2 Å². The van der Waals surface area contributed by atoms with Gasteiger partial charge in [0.05, 0.1) is 17.8 Å². The van der Waals surface area contributed by atoms with Crippen LogP contribution in [-0.4, -0.2) is 31.2 Å². The van der Waals surface area contributed by atoms with Crippen LogP contribution in [0.4, 0.5) is 14.9 Å². The lowest BCUT2D eigenvalue weighted by Gasteiger charge is -2.13. The van der Waals surface area contributed by atoms with Crippen LogP contribution in [0.5, 0.6) is 0 Å². The van der Waals surface area contributed by atoms with Gasteiger partial charge in [0.25, 0.3) is 5.91 Å². The highest BCUT2D eigenvalue weighted by Gasteiger charge is 2.31. The zero-order valence-corrected chi connectivity index (χ0v) is 9.43. The van der Waals surface area contributed by atoms with Crippen LogP contribution in [0.25, 0.3) is 0 Å². The number of hydrogen-bond acceptors (Lipinski definition) is 4. The van der Waals surface area contributed by atoms with Crippen LogP contribution in [0.3, 0.4) is 0 Å². The molecule has 0 spiro atoms. The second-order valence-corrected chi connectivity index (χ2v) is 3.88. The summed E-state index contributed by atoms with van der Waals surface area (Å²) in [6.07, 6.45) is -0.993. The maximum Gasteiger partial charge on any atom is 0.414 e. The van der Waals surface area contributed by atoms with Gasteiger partial charge in [0, 0.05) is 6.54 Å². The topological polar surface area (TPSA) is 98.6 Å². The molecule has 7 heteroatoms.